The van der Waals surface area contributed by atoms with Crippen molar-refractivity contribution >= 4 is 22.5 Å². The van der Waals surface area contributed by atoms with Crippen LogP contribution in [0, 0.1) is 5.82 Å². The molecule has 2 heterocycles. The van der Waals surface area contributed by atoms with E-state index >= 15 is 0 Å². The number of hydrogen-bond acceptors (Lipinski definition) is 4. The molecule has 7 heteroatoms. The number of amides is 1. The summed E-state index contributed by atoms with van der Waals surface area (Å²) in [6, 6.07) is 13.3. The molecule has 1 fully saturated rings. The average Bonchev–Trinajstić information content (AvgIpc) is 2.68. The zero-order chi connectivity index (χ0) is 18.1. The fourth-order valence-electron chi connectivity index (χ4n) is 3.16. The van der Waals surface area contributed by atoms with Gasteiger partial charge in [-0.25, -0.2) is 9.37 Å². The fraction of sp³-hybridized carbons (Fsp3) is 0.211. The predicted octanol–water partition coefficient (Wildman–Crippen LogP) is 2.02. The van der Waals surface area contributed by atoms with Gasteiger partial charge in [0.05, 0.1) is 10.9 Å². The van der Waals surface area contributed by atoms with Crippen molar-refractivity contribution in [3.63, 3.8) is 0 Å². The zero-order valence-corrected chi connectivity index (χ0v) is 14.0. The molecule has 3 aromatic rings. The van der Waals surface area contributed by atoms with Crippen LogP contribution in [0.3, 0.4) is 0 Å². The Morgan fingerprint density at radius 3 is 2.42 bits per heavy atom. The van der Waals surface area contributed by atoms with Crippen molar-refractivity contribution < 1.29 is 9.18 Å². The number of nitrogens with one attached hydrogen (secondary N) is 1. The number of para-hydroxylation sites is 1. The monoisotopic (exact) mass is 352 g/mol. The number of hydrogen-bond donors (Lipinski definition) is 1. The van der Waals surface area contributed by atoms with E-state index in [9.17, 15) is 14.0 Å². The largest absolute Gasteiger partial charge is 0.368 e. The van der Waals surface area contributed by atoms with Crippen molar-refractivity contribution in [1.29, 1.82) is 0 Å². The molecule has 4 rings (SSSR count). The van der Waals surface area contributed by atoms with Crippen LogP contribution in [0.4, 0.5) is 10.1 Å². The lowest BCUT2D eigenvalue weighted by molar-refractivity contribution is 0.0734. The molecule has 0 unspecified atom stereocenters. The standard InChI is InChI=1S/C19H17FN4O2/c20-13-5-7-14(8-6-13)23-9-11-24(12-10-23)19(26)17-21-16-4-2-1-3-15(16)18(25)22-17/h1-8H,9-12H2,(H,21,22,25). The molecule has 1 aliphatic rings. The summed E-state index contributed by atoms with van der Waals surface area (Å²) in [5.74, 6) is -0.496. The van der Waals surface area contributed by atoms with Gasteiger partial charge >= 0.3 is 0 Å². The topological polar surface area (TPSA) is 69.3 Å². The lowest BCUT2D eigenvalue weighted by Crippen LogP contribution is -2.49. The number of carbonyl (C=O) groups is 1. The molecule has 0 saturated carbocycles. The van der Waals surface area contributed by atoms with Gasteiger partial charge in [0.15, 0.2) is 5.82 Å². The summed E-state index contributed by atoms with van der Waals surface area (Å²) in [5, 5.41) is 0.463. The molecule has 132 valence electrons. The molecule has 1 amide bonds. The van der Waals surface area contributed by atoms with Gasteiger partial charge in [-0.1, -0.05) is 12.1 Å². The molecule has 0 spiro atoms. The molecule has 6 nitrogen and oxygen atoms in total. The number of carbonyl (C=O) groups excluding carboxylic acids is 1. The Kier molecular flexibility index (Phi) is 4.12. The van der Waals surface area contributed by atoms with Crippen LogP contribution in [0.5, 0.6) is 0 Å². The molecule has 1 N–H and O–H groups in total. The van der Waals surface area contributed by atoms with Crippen molar-refractivity contribution in [2.24, 2.45) is 0 Å². The highest BCUT2D eigenvalue weighted by molar-refractivity contribution is 5.92. The minimum atomic E-state index is -0.316. The number of aromatic amines is 1. The number of benzene rings is 2. The summed E-state index contributed by atoms with van der Waals surface area (Å²) in [6.07, 6.45) is 0. The molecule has 1 saturated heterocycles. The number of rotatable bonds is 2. The maximum absolute atomic E-state index is 13.0. The van der Waals surface area contributed by atoms with Gasteiger partial charge in [-0.15, -0.1) is 0 Å². The number of piperazine rings is 1. The molecule has 0 bridgehead atoms. The molecular weight excluding hydrogens is 335 g/mol. The van der Waals surface area contributed by atoms with Crippen molar-refractivity contribution in [1.82, 2.24) is 14.9 Å². The summed E-state index contributed by atoms with van der Waals surface area (Å²) in [5.41, 5.74) is 1.11. The second-order valence-corrected chi connectivity index (χ2v) is 6.19. The minimum absolute atomic E-state index is 0.0592. The van der Waals surface area contributed by atoms with E-state index in [0.29, 0.717) is 37.1 Å². The van der Waals surface area contributed by atoms with E-state index in [4.69, 9.17) is 0 Å². The number of anilines is 1. The molecule has 0 atom stereocenters. The second-order valence-electron chi connectivity index (χ2n) is 6.19. The molecular formula is C19H17FN4O2. The Labute approximate surface area is 148 Å². The van der Waals surface area contributed by atoms with Crippen LogP contribution >= 0.6 is 0 Å². The van der Waals surface area contributed by atoms with Gasteiger partial charge < -0.3 is 14.8 Å². The van der Waals surface area contributed by atoms with Crippen LogP contribution in [0.25, 0.3) is 10.9 Å². The zero-order valence-electron chi connectivity index (χ0n) is 14.0. The van der Waals surface area contributed by atoms with Crippen molar-refractivity contribution in [3.8, 4) is 0 Å². The Bertz CT molecular complexity index is 1010. The third-order valence-corrected chi connectivity index (χ3v) is 4.57. The van der Waals surface area contributed by atoms with Crippen LogP contribution in [0.2, 0.25) is 0 Å². The van der Waals surface area contributed by atoms with E-state index < -0.39 is 0 Å². The minimum Gasteiger partial charge on any atom is -0.368 e. The molecule has 0 radical (unpaired) electrons. The van der Waals surface area contributed by atoms with Gasteiger partial charge in [-0.05, 0) is 36.4 Å². The number of H-pyrrole nitrogens is 1. The van der Waals surface area contributed by atoms with Crippen molar-refractivity contribution in [2.75, 3.05) is 31.1 Å². The third-order valence-electron chi connectivity index (χ3n) is 4.57. The van der Waals surface area contributed by atoms with E-state index in [1.54, 1.807) is 41.3 Å². The lowest BCUT2D eigenvalue weighted by atomic mass is 10.2. The summed E-state index contributed by atoms with van der Waals surface area (Å²) in [6.45, 7) is 2.28. The number of nitrogens with zero attached hydrogens (tertiary/aromatic N) is 3. The lowest BCUT2D eigenvalue weighted by Gasteiger charge is -2.35. The first kappa shape index (κ1) is 16.3. The Morgan fingerprint density at radius 1 is 1.00 bits per heavy atom. The van der Waals surface area contributed by atoms with Crippen molar-refractivity contribution in [2.45, 2.75) is 0 Å². The normalized spacial score (nSPS) is 14.7. The highest BCUT2D eigenvalue weighted by Gasteiger charge is 2.24. The van der Waals surface area contributed by atoms with E-state index in [1.807, 2.05) is 0 Å². The van der Waals surface area contributed by atoms with Crippen LogP contribution < -0.4 is 10.5 Å². The van der Waals surface area contributed by atoms with E-state index in [1.165, 1.54) is 12.1 Å². The molecule has 1 aliphatic heterocycles. The van der Waals surface area contributed by atoms with Gasteiger partial charge in [0.1, 0.15) is 5.82 Å². The van der Waals surface area contributed by atoms with E-state index in [0.717, 1.165) is 5.69 Å². The Hall–Kier alpha value is -3.22. The van der Waals surface area contributed by atoms with Gasteiger partial charge in [-0.2, -0.15) is 0 Å². The van der Waals surface area contributed by atoms with Crippen LogP contribution in [0.15, 0.2) is 53.3 Å². The average molecular weight is 352 g/mol. The predicted molar refractivity (Wildman–Crippen MR) is 96.9 cm³/mol. The molecule has 26 heavy (non-hydrogen) atoms. The first-order valence-corrected chi connectivity index (χ1v) is 8.41. The van der Waals surface area contributed by atoms with Crippen LogP contribution in [-0.4, -0.2) is 47.0 Å². The highest BCUT2D eigenvalue weighted by Crippen LogP contribution is 2.17. The SMILES string of the molecule is O=C(c1nc2ccccc2c(=O)[nH]1)N1CCN(c2ccc(F)cc2)CC1. The third kappa shape index (κ3) is 3.03. The van der Waals surface area contributed by atoms with Gasteiger partial charge in [-0.3, -0.25) is 9.59 Å². The summed E-state index contributed by atoms with van der Waals surface area (Å²) >= 11 is 0. The number of aromatic nitrogens is 2. The first-order chi connectivity index (χ1) is 12.6. The molecule has 1 aromatic heterocycles. The molecule has 2 aromatic carbocycles. The first-order valence-electron chi connectivity index (χ1n) is 8.41. The Balaban J connectivity index is 1.50. The van der Waals surface area contributed by atoms with Crippen LogP contribution in [-0.2, 0) is 0 Å². The quantitative estimate of drug-likeness (QED) is 0.766. The highest BCUT2D eigenvalue weighted by atomic mass is 19.1. The van der Waals surface area contributed by atoms with Gasteiger partial charge in [0.25, 0.3) is 11.5 Å². The summed E-state index contributed by atoms with van der Waals surface area (Å²) < 4.78 is 13.0. The number of fused-ring (bicyclic) bond motifs is 1. The van der Waals surface area contributed by atoms with Crippen molar-refractivity contribution in [3.05, 3.63) is 70.5 Å². The van der Waals surface area contributed by atoms with Crippen LogP contribution in [0.1, 0.15) is 10.6 Å². The maximum atomic E-state index is 13.0. The van der Waals surface area contributed by atoms with Gasteiger partial charge in [0.2, 0.25) is 0 Å². The number of halogens is 1. The smallest absolute Gasteiger partial charge is 0.289 e. The van der Waals surface area contributed by atoms with Gasteiger partial charge in [0, 0.05) is 31.9 Å². The van der Waals surface area contributed by atoms with E-state index in [-0.39, 0.29) is 23.1 Å². The fourth-order valence-corrected chi connectivity index (χ4v) is 3.16. The Morgan fingerprint density at radius 2 is 1.69 bits per heavy atom. The summed E-state index contributed by atoms with van der Waals surface area (Å²) in [7, 11) is 0. The van der Waals surface area contributed by atoms with E-state index in [2.05, 4.69) is 14.9 Å². The second kappa shape index (κ2) is 6.59. The maximum Gasteiger partial charge on any atom is 0.289 e. The molecule has 0 aliphatic carbocycles. The summed E-state index contributed by atoms with van der Waals surface area (Å²) in [4.78, 5) is 35.5.